The van der Waals surface area contributed by atoms with E-state index in [9.17, 15) is 14.7 Å². The third kappa shape index (κ3) is 8.81. The minimum atomic E-state index is -1.28. The molecule has 7 heteroatoms. The van der Waals surface area contributed by atoms with E-state index in [4.69, 9.17) is 5.11 Å². The van der Waals surface area contributed by atoms with Crippen molar-refractivity contribution in [2.75, 3.05) is 13.1 Å². The molecule has 0 fully saturated rings. The van der Waals surface area contributed by atoms with Crippen molar-refractivity contribution in [2.24, 2.45) is 0 Å². The molecule has 19 heavy (non-hydrogen) atoms. The summed E-state index contributed by atoms with van der Waals surface area (Å²) in [7, 11) is 0. The van der Waals surface area contributed by atoms with Gasteiger partial charge in [-0.3, -0.25) is 10.2 Å². The molecule has 3 N–H and O–H groups in total. The van der Waals surface area contributed by atoms with E-state index in [-0.39, 0.29) is 31.0 Å². The molecule has 0 aromatic heterocycles. The van der Waals surface area contributed by atoms with Crippen molar-refractivity contribution in [1.82, 2.24) is 10.4 Å². The van der Waals surface area contributed by atoms with Crippen LogP contribution in [0.4, 0.5) is 0 Å². The molecule has 0 radical (unpaired) electrons. The van der Waals surface area contributed by atoms with E-state index < -0.39 is 12.3 Å². The summed E-state index contributed by atoms with van der Waals surface area (Å²) in [5.74, 6) is -0.950. The van der Waals surface area contributed by atoms with Gasteiger partial charge in [-0.1, -0.05) is 6.58 Å². The minimum absolute atomic E-state index is 0.110. The lowest BCUT2D eigenvalue weighted by molar-refractivity contribution is -0.164. The number of nitrogens with zero attached hydrogens (tertiary/aromatic N) is 1. The third-order valence-corrected chi connectivity index (χ3v) is 1.98. The zero-order valence-corrected chi connectivity index (χ0v) is 11.1. The lowest BCUT2D eigenvalue weighted by Gasteiger charge is -2.22. The highest BCUT2D eigenvalue weighted by molar-refractivity contribution is 5.86. The molecule has 1 unspecified atom stereocenters. The van der Waals surface area contributed by atoms with Crippen LogP contribution in [-0.2, 0) is 14.3 Å². The molecular formula is C12H20N2O5. The summed E-state index contributed by atoms with van der Waals surface area (Å²) in [5.41, 5.74) is 2.70. The second-order valence-corrected chi connectivity index (χ2v) is 3.93. The number of aliphatic hydroxyl groups excluding tert-OH is 2. The van der Waals surface area contributed by atoms with Crippen molar-refractivity contribution < 1.29 is 24.5 Å². The molecule has 1 amide bonds. The molecular weight excluding hydrogens is 252 g/mol. The summed E-state index contributed by atoms with van der Waals surface area (Å²) in [6, 6.07) is 0. The Labute approximate surface area is 112 Å². The number of ether oxygens (including phenoxy) is 1. The predicted octanol–water partition coefficient (Wildman–Crippen LogP) is 0.239. The standard InChI is InChI=1S/C12H20N2O5/c1-9(2)12(18)19-11(17)5-7-14(6-4-8-15)13-10(3)16/h4,8,11,15,17H,1,5-7H2,2-3H3,(H,13,16). The van der Waals surface area contributed by atoms with Gasteiger partial charge in [-0.2, -0.15) is 0 Å². The maximum absolute atomic E-state index is 11.1. The van der Waals surface area contributed by atoms with Gasteiger partial charge in [-0.05, 0) is 13.0 Å². The summed E-state index contributed by atoms with van der Waals surface area (Å²) in [4.78, 5) is 22.1. The summed E-state index contributed by atoms with van der Waals surface area (Å²) in [6.45, 7) is 6.72. The van der Waals surface area contributed by atoms with Gasteiger partial charge in [0.05, 0.1) is 6.26 Å². The van der Waals surface area contributed by atoms with Gasteiger partial charge >= 0.3 is 5.97 Å². The maximum atomic E-state index is 11.1. The fourth-order valence-electron chi connectivity index (χ4n) is 1.14. The maximum Gasteiger partial charge on any atom is 0.335 e. The number of aliphatic hydroxyl groups is 2. The highest BCUT2D eigenvalue weighted by Crippen LogP contribution is 2.01. The molecule has 0 saturated carbocycles. The number of carbonyl (C=O) groups is 2. The van der Waals surface area contributed by atoms with Crippen LogP contribution in [0.5, 0.6) is 0 Å². The van der Waals surface area contributed by atoms with E-state index >= 15 is 0 Å². The molecule has 0 saturated heterocycles. The molecule has 0 aliphatic heterocycles. The molecule has 7 nitrogen and oxygen atoms in total. The van der Waals surface area contributed by atoms with Crippen LogP contribution in [0.2, 0.25) is 0 Å². The zero-order valence-electron chi connectivity index (χ0n) is 11.1. The van der Waals surface area contributed by atoms with Crippen molar-refractivity contribution in [1.29, 1.82) is 0 Å². The van der Waals surface area contributed by atoms with Crippen molar-refractivity contribution in [3.63, 3.8) is 0 Å². The monoisotopic (exact) mass is 272 g/mol. The van der Waals surface area contributed by atoms with E-state index in [1.54, 1.807) is 0 Å². The topological polar surface area (TPSA) is 99.1 Å². The highest BCUT2D eigenvalue weighted by Gasteiger charge is 2.13. The molecule has 0 bridgehead atoms. The van der Waals surface area contributed by atoms with Crippen LogP contribution in [0.3, 0.4) is 0 Å². The number of carbonyl (C=O) groups excluding carboxylic acids is 2. The van der Waals surface area contributed by atoms with Gasteiger partial charge in [-0.25, -0.2) is 9.80 Å². The number of rotatable bonds is 8. The van der Waals surface area contributed by atoms with Gasteiger partial charge in [0.15, 0.2) is 0 Å². The highest BCUT2D eigenvalue weighted by atomic mass is 16.6. The fraction of sp³-hybridized carbons (Fsp3) is 0.500. The van der Waals surface area contributed by atoms with Gasteiger partial charge in [0.2, 0.25) is 12.2 Å². The minimum Gasteiger partial charge on any atom is -0.516 e. The van der Waals surface area contributed by atoms with Gasteiger partial charge in [0.25, 0.3) is 0 Å². The number of hydrogen-bond acceptors (Lipinski definition) is 6. The first-order valence-electron chi connectivity index (χ1n) is 5.72. The second kappa shape index (κ2) is 9.12. The van der Waals surface area contributed by atoms with E-state index in [2.05, 4.69) is 16.7 Å². The lowest BCUT2D eigenvalue weighted by atomic mass is 10.3. The molecule has 0 aliphatic carbocycles. The number of nitrogens with one attached hydrogen (secondary N) is 1. The Morgan fingerprint density at radius 2 is 2.11 bits per heavy atom. The molecule has 0 aromatic rings. The largest absolute Gasteiger partial charge is 0.516 e. The summed E-state index contributed by atoms with van der Waals surface area (Å²) in [5, 5.41) is 19.5. The Kier molecular flexibility index (Phi) is 8.23. The van der Waals surface area contributed by atoms with Crippen LogP contribution in [0.1, 0.15) is 20.3 Å². The van der Waals surface area contributed by atoms with Gasteiger partial charge in [0, 0.05) is 32.0 Å². The Morgan fingerprint density at radius 1 is 1.47 bits per heavy atom. The van der Waals surface area contributed by atoms with Crippen molar-refractivity contribution >= 4 is 11.9 Å². The quantitative estimate of drug-likeness (QED) is 0.192. The lowest BCUT2D eigenvalue weighted by Crippen LogP contribution is -2.42. The SMILES string of the molecule is C=C(C)C(=O)OC(O)CCN(CC=CO)NC(C)=O. The van der Waals surface area contributed by atoms with E-state index in [1.807, 2.05) is 0 Å². The van der Waals surface area contributed by atoms with E-state index in [0.717, 1.165) is 6.26 Å². The Bertz CT molecular complexity index is 354. The third-order valence-electron chi connectivity index (χ3n) is 1.98. The molecule has 0 aromatic carbocycles. The molecule has 0 spiro atoms. The van der Waals surface area contributed by atoms with Crippen LogP contribution in [-0.4, -0.2) is 46.5 Å². The van der Waals surface area contributed by atoms with Crippen molar-refractivity contribution in [3.8, 4) is 0 Å². The van der Waals surface area contributed by atoms with Gasteiger partial charge in [0.1, 0.15) is 0 Å². The first-order valence-corrected chi connectivity index (χ1v) is 5.72. The van der Waals surface area contributed by atoms with Gasteiger partial charge in [-0.15, -0.1) is 0 Å². The Hall–Kier alpha value is -1.86. The molecule has 0 aliphatic rings. The molecule has 0 heterocycles. The zero-order chi connectivity index (χ0) is 14.8. The summed E-state index contributed by atoms with van der Waals surface area (Å²) in [6.07, 6.45) is 1.10. The summed E-state index contributed by atoms with van der Waals surface area (Å²) < 4.78 is 4.68. The normalized spacial score (nSPS) is 12.4. The molecule has 108 valence electrons. The van der Waals surface area contributed by atoms with Crippen LogP contribution >= 0.6 is 0 Å². The molecule has 0 rings (SSSR count). The summed E-state index contributed by atoms with van der Waals surface area (Å²) >= 11 is 0. The van der Waals surface area contributed by atoms with Crippen molar-refractivity contribution in [3.05, 3.63) is 24.5 Å². The smallest absolute Gasteiger partial charge is 0.335 e. The number of amides is 1. The second-order valence-electron chi connectivity index (χ2n) is 3.93. The predicted molar refractivity (Wildman–Crippen MR) is 68.7 cm³/mol. The Balaban J connectivity index is 4.18. The Morgan fingerprint density at radius 3 is 2.58 bits per heavy atom. The van der Waals surface area contributed by atoms with E-state index in [1.165, 1.54) is 24.9 Å². The van der Waals surface area contributed by atoms with Crippen LogP contribution in [0, 0.1) is 0 Å². The van der Waals surface area contributed by atoms with Crippen molar-refractivity contribution in [2.45, 2.75) is 26.6 Å². The number of esters is 1. The molecule has 1 atom stereocenters. The van der Waals surface area contributed by atoms with Crippen LogP contribution < -0.4 is 5.43 Å². The van der Waals surface area contributed by atoms with Crippen LogP contribution in [0.15, 0.2) is 24.5 Å². The average molecular weight is 272 g/mol. The fourth-order valence-corrected chi connectivity index (χ4v) is 1.14. The average Bonchev–Trinajstić information content (AvgIpc) is 2.31. The van der Waals surface area contributed by atoms with Crippen LogP contribution in [0.25, 0.3) is 0 Å². The number of hydrazine groups is 1. The van der Waals surface area contributed by atoms with E-state index in [0.29, 0.717) is 0 Å². The first-order chi connectivity index (χ1) is 8.86. The number of hydrogen-bond donors (Lipinski definition) is 3. The van der Waals surface area contributed by atoms with Gasteiger partial charge < -0.3 is 14.9 Å². The first kappa shape index (κ1) is 17.1.